The van der Waals surface area contributed by atoms with E-state index in [1.165, 1.54) is 121 Å². The summed E-state index contributed by atoms with van der Waals surface area (Å²) in [5.41, 5.74) is 24.5. The van der Waals surface area contributed by atoms with E-state index in [1.807, 2.05) is 0 Å². The maximum absolute atomic E-state index is 2.70. The van der Waals surface area contributed by atoms with Gasteiger partial charge in [-0.25, -0.2) is 0 Å². The van der Waals surface area contributed by atoms with Crippen molar-refractivity contribution in [1.82, 2.24) is 0 Å². The van der Waals surface area contributed by atoms with Crippen molar-refractivity contribution in [3.8, 4) is 77.9 Å². The number of nitrogens with zero attached hydrogens (tertiary/aromatic N) is 1. The summed E-state index contributed by atoms with van der Waals surface area (Å²) in [6.45, 7) is 0. The molecule has 1 nitrogen and oxygen atoms in total. The topological polar surface area (TPSA) is 3.24 Å². The second-order valence-corrected chi connectivity index (χ2v) is 22.0. The first-order valence-electron chi connectivity index (χ1n) is 27.3. The van der Waals surface area contributed by atoms with Crippen molar-refractivity contribution in [2.45, 2.75) is 37.5 Å². The van der Waals surface area contributed by atoms with Gasteiger partial charge in [0, 0.05) is 22.2 Å². The molecule has 0 radical (unpaired) electrons. The van der Waals surface area contributed by atoms with Crippen molar-refractivity contribution in [2.75, 3.05) is 4.90 Å². The summed E-state index contributed by atoms with van der Waals surface area (Å²) in [5.74, 6) is 2.92. The Morgan fingerprint density at radius 2 is 0.747 bits per heavy atom. The van der Waals surface area contributed by atoms with Crippen molar-refractivity contribution >= 4 is 27.8 Å². The van der Waals surface area contributed by atoms with Gasteiger partial charge in [-0.05, 0) is 205 Å². The Bertz CT molecular complexity index is 3900. The molecule has 4 bridgehead atoms. The predicted molar refractivity (Wildman–Crippen MR) is 315 cm³/mol. The Balaban J connectivity index is 0.958. The van der Waals surface area contributed by atoms with Gasteiger partial charge in [-0.2, -0.15) is 0 Å². The van der Waals surface area contributed by atoms with E-state index in [2.05, 4.69) is 266 Å². The molecule has 0 atom stereocenters. The smallest absolute Gasteiger partial charge is 0.0540 e. The van der Waals surface area contributed by atoms with Gasteiger partial charge in [0.25, 0.3) is 0 Å². The Labute approximate surface area is 441 Å². The van der Waals surface area contributed by atoms with Crippen LogP contribution >= 0.6 is 0 Å². The molecule has 1 heteroatoms. The fourth-order valence-corrected chi connectivity index (χ4v) is 15.1. The van der Waals surface area contributed by atoms with Crippen LogP contribution in [0.1, 0.15) is 43.2 Å². The Hall–Kier alpha value is -8.52. The Morgan fingerprint density at radius 1 is 0.280 bits per heavy atom. The molecular weight excluding hydrogens is 903 g/mol. The first kappa shape index (κ1) is 44.0. The van der Waals surface area contributed by atoms with Crippen molar-refractivity contribution in [3.63, 3.8) is 0 Å². The molecule has 0 heterocycles. The number of benzene rings is 11. The molecule has 1 spiro atoms. The van der Waals surface area contributed by atoms with E-state index in [1.54, 1.807) is 11.1 Å². The zero-order valence-corrected chi connectivity index (χ0v) is 42.1. The zero-order valence-electron chi connectivity index (χ0n) is 42.1. The van der Waals surface area contributed by atoms with Gasteiger partial charge in [-0.15, -0.1) is 0 Å². The second-order valence-electron chi connectivity index (χ2n) is 22.0. The normalized spacial score (nSPS) is 19.8. The van der Waals surface area contributed by atoms with Crippen LogP contribution in [-0.4, -0.2) is 0 Å². The monoisotopic (exact) mass is 959 g/mol. The molecule has 4 saturated carbocycles. The summed E-state index contributed by atoms with van der Waals surface area (Å²) < 4.78 is 0. The van der Waals surface area contributed by atoms with Gasteiger partial charge >= 0.3 is 0 Å². The third kappa shape index (κ3) is 7.27. The summed E-state index contributed by atoms with van der Waals surface area (Å²) in [4.78, 5) is 2.47. The van der Waals surface area contributed by atoms with Crippen molar-refractivity contribution < 1.29 is 0 Å². The molecule has 11 aromatic carbocycles. The molecular formula is C74H57N. The van der Waals surface area contributed by atoms with Crippen LogP contribution in [0.25, 0.3) is 88.7 Å². The highest BCUT2D eigenvalue weighted by Gasteiger charge is 2.62. The van der Waals surface area contributed by atoms with E-state index in [9.17, 15) is 0 Å². The molecule has 0 aromatic heterocycles. The van der Waals surface area contributed by atoms with Gasteiger partial charge in [0.1, 0.15) is 0 Å². The highest BCUT2D eigenvalue weighted by molar-refractivity contribution is 6.08. The minimum atomic E-state index is -0.0487. The van der Waals surface area contributed by atoms with Crippen LogP contribution in [-0.2, 0) is 5.41 Å². The molecule has 4 fully saturated rings. The Morgan fingerprint density at radius 3 is 1.37 bits per heavy atom. The number of rotatable bonds is 9. The van der Waals surface area contributed by atoms with Gasteiger partial charge < -0.3 is 4.90 Å². The third-order valence-corrected chi connectivity index (χ3v) is 18.0. The van der Waals surface area contributed by atoms with Crippen LogP contribution < -0.4 is 4.90 Å². The molecule has 0 saturated heterocycles. The average Bonchev–Trinajstić information content (AvgIpc) is 3.89. The molecule has 358 valence electrons. The van der Waals surface area contributed by atoms with E-state index in [0.29, 0.717) is 11.8 Å². The zero-order chi connectivity index (χ0) is 49.5. The molecule has 0 unspecified atom stereocenters. The average molecular weight is 960 g/mol. The van der Waals surface area contributed by atoms with Crippen LogP contribution in [0.3, 0.4) is 0 Å². The van der Waals surface area contributed by atoms with Gasteiger partial charge in [0.05, 0.1) is 5.69 Å². The van der Waals surface area contributed by atoms with Crippen molar-refractivity contribution in [2.24, 2.45) is 23.7 Å². The van der Waals surface area contributed by atoms with Crippen LogP contribution in [0, 0.1) is 23.7 Å². The number of hydrogen-bond donors (Lipinski definition) is 0. The van der Waals surface area contributed by atoms with Gasteiger partial charge in [-0.3, -0.25) is 0 Å². The standard InChI is InChI=1S/C74H57N/c1-5-17-51(18-6-1)55-31-34-63(35-32-55)75(64-28-16-26-57(45-64)53-21-9-3-10-22-53)72-38-37-65(66-29-13-14-30-67(66)72)60-46-69(59-27-15-25-56(44-59)52-19-7-2-8-20-52)73-68-36-33-58(54-23-11-4-12-24-54)47-70(68)74(71(73)48-60)61-40-49-39-50(42-61)43-62(74)41-49/h1-38,44-50,61-62H,39-43H2. The first-order valence-corrected chi connectivity index (χ1v) is 27.3. The fourth-order valence-electron chi connectivity index (χ4n) is 15.1. The molecule has 5 aliphatic rings. The van der Waals surface area contributed by atoms with Crippen molar-refractivity contribution in [1.29, 1.82) is 0 Å². The first-order chi connectivity index (χ1) is 37.1. The maximum Gasteiger partial charge on any atom is 0.0540 e. The number of anilines is 3. The fraction of sp³-hybridized carbons (Fsp3) is 0.135. The molecule has 11 aromatic rings. The highest BCUT2D eigenvalue weighted by atomic mass is 15.1. The van der Waals surface area contributed by atoms with Gasteiger partial charge in [0.2, 0.25) is 0 Å². The molecule has 0 amide bonds. The van der Waals surface area contributed by atoms with E-state index in [-0.39, 0.29) is 5.41 Å². The van der Waals surface area contributed by atoms with E-state index in [0.717, 1.165) is 28.9 Å². The third-order valence-electron chi connectivity index (χ3n) is 18.0. The predicted octanol–water partition coefficient (Wildman–Crippen LogP) is 20.0. The van der Waals surface area contributed by atoms with E-state index < -0.39 is 0 Å². The molecule has 75 heavy (non-hydrogen) atoms. The minimum absolute atomic E-state index is 0.0487. The Kier molecular flexibility index (Phi) is 10.5. The summed E-state index contributed by atoms with van der Waals surface area (Å²) in [5, 5.41) is 2.48. The molecule has 0 N–H and O–H groups in total. The maximum atomic E-state index is 2.70. The van der Waals surface area contributed by atoms with Gasteiger partial charge in [0.15, 0.2) is 0 Å². The lowest BCUT2D eigenvalue weighted by molar-refractivity contribution is -0.0399. The largest absolute Gasteiger partial charge is 0.310 e. The summed E-state index contributed by atoms with van der Waals surface area (Å²) in [7, 11) is 0. The number of hydrogen-bond acceptors (Lipinski definition) is 1. The minimum Gasteiger partial charge on any atom is -0.310 e. The quantitative estimate of drug-likeness (QED) is 0.139. The van der Waals surface area contributed by atoms with Gasteiger partial charge in [-0.1, -0.05) is 206 Å². The summed E-state index contributed by atoms with van der Waals surface area (Å²) in [6, 6.07) is 98.0. The second kappa shape index (κ2) is 17.9. The molecule has 16 rings (SSSR count). The summed E-state index contributed by atoms with van der Waals surface area (Å²) in [6.07, 6.45) is 6.74. The lowest BCUT2D eigenvalue weighted by Crippen LogP contribution is -2.55. The number of fused-ring (bicyclic) bond motifs is 4. The van der Waals surface area contributed by atoms with E-state index >= 15 is 0 Å². The van der Waals surface area contributed by atoms with Crippen LogP contribution in [0.4, 0.5) is 17.1 Å². The van der Waals surface area contributed by atoms with Crippen LogP contribution in [0.15, 0.2) is 261 Å². The lowest BCUT2D eigenvalue weighted by Gasteiger charge is -2.61. The van der Waals surface area contributed by atoms with E-state index in [4.69, 9.17) is 0 Å². The summed E-state index contributed by atoms with van der Waals surface area (Å²) >= 11 is 0. The SMILES string of the molecule is c1ccc(-c2ccc(N(c3cccc(-c4ccccc4)c3)c3ccc(-c4cc(-c5cccc(-c6ccccc6)c5)c5c(c4)C4(c6cc(-c7ccccc7)ccc6-5)C5CC6CC(C5)CC4C6)c4ccccc34)cc2)cc1. The molecule has 5 aliphatic carbocycles. The lowest BCUT2D eigenvalue weighted by atomic mass is 9.43. The van der Waals surface area contributed by atoms with Crippen LogP contribution in [0.5, 0.6) is 0 Å². The van der Waals surface area contributed by atoms with Crippen LogP contribution in [0.2, 0.25) is 0 Å². The van der Waals surface area contributed by atoms with Crippen molar-refractivity contribution in [3.05, 3.63) is 272 Å². The molecule has 0 aliphatic heterocycles. The highest BCUT2D eigenvalue weighted by Crippen LogP contribution is 2.71.